The summed E-state index contributed by atoms with van der Waals surface area (Å²) in [5, 5.41) is 2.91. The van der Waals surface area contributed by atoms with Crippen molar-refractivity contribution >= 4 is 15.7 Å². The molecular formula is C14H24N2O3S. The lowest BCUT2D eigenvalue weighted by Crippen LogP contribution is -2.58. The van der Waals surface area contributed by atoms with Gasteiger partial charge in [0.1, 0.15) is 0 Å². The Labute approximate surface area is 121 Å². The van der Waals surface area contributed by atoms with Crippen LogP contribution in [0.15, 0.2) is 0 Å². The highest BCUT2D eigenvalue weighted by Crippen LogP contribution is 2.47. The first-order chi connectivity index (χ1) is 9.38. The minimum atomic E-state index is -3.03. The number of nitrogens with one attached hydrogen (secondary N) is 1. The Morgan fingerprint density at radius 3 is 2.85 bits per heavy atom. The Morgan fingerprint density at radius 1 is 1.35 bits per heavy atom. The van der Waals surface area contributed by atoms with Gasteiger partial charge in [-0.2, -0.15) is 0 Å². The molecule has 2 heterocycles. The third kappa shape index (κ3) is 1.91. The second kappa shape index (κ2) is 4.70. The van der Waals surface area contributed by atoms with Crippen LogP contribution in [0.1, 0.15) is 33.1 Å². The zero-order valence-electron chi connectivity index (χ0n) is 12.3. The van der Waals surface area contributed by atoms with Gasteiger partial charge in [-0.1, -0.05) is 6.42 Å². The maximum Gasteiger partial charge on any atom is 0.230 e. The lowest BCUT2D eigenvalue weighted by atomic mass is 9.79. The highest BCUT2D eigenvalue weighted by molar-refractivity contribution is 7.92. The number of sulfone groups is 1. The first kappa shape index (κ1) is 14.3. The molecule has 3 fully saturated rings. The van der Waals surface area contributed by atoms with Gasteiger partial charge in [0.15, 0.2) is 9.84 Å². The fourth-order valence-corrected chi connectivity index (χ4v) is 5.81. The maximum atomic E-state index is 13.1. The summed E-state index contributed by atoms with van der Waals surface area (Å²) in [7, 11) is -3.03. The molecule has 1 saturated carbocycles. The second-order valence-corrected chi connectivity index (χ2v) is 9.16. The van der Waals surface area contributed by atoms with Crippen LogP contribution in [0.4, 0.5) is 0 Å². The summed E-state index contributed by atoms with van der Waals surface area (Å²) >= 11 is 0. The molecule has 114 valence electrons. The van der Waals surface area contributed by atoms with Crippen LogP contribution in [0.2, 0.25) is 0 Å². The van der Waals surface area contributed by atoms with Gasteiger partial charge in [0.2, 0.25) is 5.91 Å². The van der Waals surface area contributed by atoms with Crippen molar-refractivity contribution < 1.29 is 13.2 Å². The molecule has 20 heavy (non-hydrogen) atoms. The van der Waals surface area contributed by atoms with Crippen molar-refractivity contribution in [1.29, 1.82) is 0 Å². The Morgan fingerprint density at radius 2 is 2.10 bits per heavy atom. The Bertz CT molecular complexity index is 507. The molecule has 4 atom stereocenters. The number of carbonyl (C=O) groups excluding carboxylic acids is 1. The number of carbonyl (C=O) groups is 1. The summed E-state index contributed by atoms with van der Waals surface area (Å²) in [6.45, 7) is 5.67. The van der Waals surface area contributed by atoms with E-state index in [-0.39, 0.29) is 23.1 Å². The molecule has 3 aliphatic rings. The molecule has 0 aromatic carbocycles. The quantitative estimate of drug-likeness (QED) is 0.762. The highest BCUT2D eigenvalue weighted by Gasteiger charge is 2.54. The van der Waals surface area contributed by atoms with Crippen LogP contribution in [-0.2, 0) is 14.6 Å². The third-order valence-electron chi connectivity index (χ3n) is 5.83. The molecule has 3 rings (SSSR count). The van der Waals surface area contributed by atoms with Crippen LogP contribution in [0.25, 0.3) is 0 Å². The topological polar surface area (TPSA) is 66.5 Å². The molecule has 0 bridgehead atoms. The van der Waals surface area contributed by atoms with E-state index in [2.05, 4.69) is 5.32 Å². The van der Waals surface area contributed by atoms with E-state index in [1.165, 1.54) is 0 Å². The molecular weight excluding hydrogens is 276 g/mol. The summed E-state index contributed by atoms with van der Waals surface area (Å²) in [5.41, 5.74) is -0.255. The molecule has 5 nitrogen and oxygen atoms in total. The summed E-state index contributed by atoms with van der Waals surface area (Å²) in [5.74, 6) is 0.744. The molecule has 1 aliphatic carbocycles. The van der Waals surface area contributed by atoms with Gasteiger partial charge in [-0.15, -0.1) is 0 Å². The number of hydrogen-bond acceptors (Lipinski definition) is 4. The molecule has 0 radical (unpaired) electrons. The zero-order chi connectivity index (χ0) is 14.5. The Balaban J connectivity index is 1.85. The van der Waals surface area contributed by atoms with Gasteiger partial charge in [-0.05, 0) is 39.2 Å². The fraction of sp³-hybridized carbons (Fsp3) is 0.929. The summed E-state index contributed by atoms with van der Waals surface area (Å²) < 4.78 is 23.9. The normalized spacial score (nSPS) is 43.5. The molecule has 0 unspecified atom stereocenters. The number of hydrogen-bond donors (Lipinski definition) is 1. The van der Waals surface area contributed by atoms with Crippen molar-refractivity contribution in [3.63, 3.8) is 0 Å². The van der Waals surface area contributed by atoms with Crippen molar-refractivity contribution in [3.05, 3.63) is 0 Å². The van der Waals surface area contributed by atoms with E-state index in [9.17, 15) is 13.2 Å². The maximum absolute atomic E-state index is 13.1. The largest absolute Gasteiger partial charge is 0.337 e. The van der Waals surface area contributed by atoms with E-state index in [4.69, 9.17) is 0 Å². The smallest absolute Gasteiger partial charge is 0.230 e. The van der Waals surface area contributed by atoms with Gasteiger partial charge in [0.05, 0.1) is 16.4 Å². The van der Waals surface area contributed by atoms with E-state index in [1.807, 2.05) is 11.8 Å². The number of fused-ring (bicyclic) bond motifs is 1. The summed E-state index contributed by atoms with van der Waals surface area (Å²) in [6, 6.07) is -0.211. The molecule has 1 amide bonds. The van der Waals surface area contributed by atoms with E-state index in [0.29, 0.717) is 12.5 Å². The van der Waals surface area contributed by atoms with Crippen LogP contribution in [0.5, 0.6) is 0 Å². The van der Waals surface area contributed by atoms with E-state index < -0.39 is 15.1 Å². The van der Waals surface area contributed by atoms with Crippen molar-refractivity contribution in [2.24, 2.45) is 11.3 Å². The molecule has 0 aromatic heterocycles. The standard InChI is InChI=1S/C14H24N2O3S/c1-10-11(2)20(18,19)7-6-16(10)13(17)14-5-3-4-12(14)8-15-9-14/h10-12,15H,3-9H2,1-2H3/t10-,11-,12+,14+/m0/s1. The molecule has 0 aromatic rings. The molecule has 2 saturated heterocycles. The minimum absolute atomic E-state index is 0.110. The lowest BCUT2D eigenvalue weighted by Gasteiger charge is -2.42. The van der Waals surface area contributed by atoms with E-state index >= 15 is 0 Å². The molecule has 6 heteroatoms. The van der Waals surface area contributed by atoms with Crippen LogP contribution in [-0.4, -0.2) is 55.9 Å². The van der Waals surface area contributed by atoms with Crippen molar-refractivity contribution in [3.8, 4) is 0 Å². The number of amides is 1. The first-order valence-electron chi connectivity index (χ1n) is 7.62. The molecule has 1 N–H and O–H groups in total. The third-order valence-corrected chi connectivity index (χ3v) is 8.11. The van der Waals surface area contributed by atoms with Gasteiger partial charge in [0.25, 0.3) is 0 Å². The average Bonchev–Trinajstić information content (AvgIpc) is 2.95. The SMILES string of the molecule is C[C@H]1[C@H](C)S(=O)(=O)CCN1C(=O)[C@@]12CCC[C@@H]1CNC2. The predicted octanol–water partition coefficient (Wildman–Crippen LogP) is 0.410. The Kier molecular flexibility index (Phi) is 3.36. The second-order valence-electron chi connectivity index (χ2n) is 6.69. The van der Waals surface area contributed by atoms with Gasteiger partial charge in [-0.25, -0.2) is 8.42 Å². The average molecular weight is 300 g/mol. The number of rotatable bonds is 1. The summed E-state index contributed by atoms with van der Waals surface area (Å²) in [6.07, 6.45) is 3.19. The zero-order valence-corrected chi connectivity index (χ0v) is 13.1. The van der Waals surface area contributed by atoms with Crippen molar-refractivity contribution in [1.82, 2.24) is 10.2 Å². The number of nitrogens with zero attached hydrogens (tertiary/aromatic N) is 1. The van der Waals surface area contributed by atoms with Crippen molar-refractivity contribution in [2.75, 3.05) is 25.4 Å². The van der Waals surface area contributed by atoms with Gasteiger partial charge < -0.3 is 10.2 Å². The predicted molar refractivity (Wildman–Crippen MR) is 77.1 cm³/mol. The minimum Gasteiger partial charge on any atom is -0.337 e. The van der Waals surface area contributed by atoms with Crippen LogP contribution < -0.4 is 5.32 Å². The van der Waals surface area contributed by atoms with Gasteiger partial charge in [0, 0.05) is 19.1 Å². The van der Waals surface area contributed by atoms with E-state index in [0.717, 1.165) is 32.4 Å². The van der Waals surface area contributed by atoms with Gasteiger partial charge >= 0.3 is 0 Å². The van der Waals surface area contributed by atoms with Crippen LogP contribution >= 0.6 is 0 Å². The summed E-state index contributed by atoms with van der Waals surface area (Å²) in [4.78, 5) is 14.9. The first-order valence-corrected chi connectivity index (χ1v) is 9.33. The fourth-order valence-electron chi connectivity index (χ4n) is 4.24. The van der Waals surface area contributed by atoms with Crippen LogP contribution in [0.3, 0.4) is 0 Å². The van der Waals surface area contributed by atoms with Crippen molar-refractivity contribution in [2.45, 2.75) is 44.4 Å². The Hall–Kier alpha value is -0.620. The molecule has 2 aliphatic heterocycles. The highest BCUT2D eigenvalue weighted by atomic mass is 32.2. The molecule has 0 spiro atoms. The monoisotopic (exact) mass is 300 g/mol. The van der Waals surface area contributed by atoms with Gasteiger partial charge in [-0.3, -0.25) is 4.79 Å². The van der Waals surface area contributed by atoms with Crippen LogP contribution in [0, 0.1) is 11.3 Å². The van der Waals surface area contributed by atoms with E-state index in [1.54, 1.807) is 6.92 Å². The lowest BCUT2D eigenvalue weighted by molar-refractivity contribution is -0.144.